The SMILES string of the molecule is C[C@H]1C(=O)NC[C@H]1c1ccc(F)cc1. The topological polar surface area (TPSA) is 29.1 Å². The summed E-state index contributed by atoms with van der Waals surface area (Å²) in [6.07, 6.45) is 0. The smallest absolute Gasteiger partial charge is 0.223 e. The molecule has 0 unspecified atom stereocenters. The molecule has 3 heteroatoms. The van der Waals surface area contributed by atoms with Crippen LogP contribution in [0.5, 0.6) is 0 Å². The van der Waals surface area contributed by atoms with Crippen LogP contribution in [0.15, 0.2) is 24.3 Å². The fourth-order valence-corrected chi connectivity index (χ4v) is 1.85. The van der Waals surface area contributed by atoms with Gasteiger partial charge in [-0.1, -0.05) is 19.1 Å². The second-order valence-electron chi connectivity index (χ2n) is 3.69. The third-order valence-corrected chi connectivity index (χ3v) is 2.81. The first-order valence-electron chi connectivity index (χ1n) is 4.71. The van der Waals surface area contributed by atoms with Crippen LogP contribution in [0.4, 0.5) is 4.39 Å². The summed E-state index contributed by atoms with van der Waals surface area (Å²) in [5.41, 5.74) is 1.03. The molecule has 0 aromatic heterocycles. The molecule has 2 atom stereocenters. The Morgan fingerprint density at radius 3 is 2.50 bits per heavy atom. The molecule has 0 aliphatic carbocycles. The van der Waals surface area contributed by atoms with Crippen LogP contribution in [0.1, 0.15) is 18.4 Å². The number of halogens is 1. The zero-order valence-electron chi connectivity index (χ0n) is 7.96. The average Bonchev–Trinajstić information content (AvgIpc) is 2.50. The molecular weight excluding hydrogens is 181 g/mol. The van der Waals surface area contributed by atoms with Gasteiger partial charge in [-0.25, -0.2) is 4.39 Å². The van der Waals surface area contributed by atoms with Crippen LogP contribution in [-0.2, 0) is 4.79 Å². The Balaban J connectivity index is 2.23. The normalized spacial score (nSPS) is 26.3. The van der Waals surface area contributed by atoms with Crippen molar-refractivity contribution in [2.24, 2.45) is 5.92 Å². The number of hydrogen-bond acceptors (Lipinski definition) is 1. The van der Waals surface area contributed by atoms with Crippen molar-refractivity contribution in [2.75, 3.05) is 6.54 Å². The third-order valence-electron chi connectivity index (χ3n) is 2.81. The summed E-state index contributed by atoms with van der Waals surface area (Å²) in [5.74, 6) is 0.0153. The van der Waals surface area contributed by atoms with Crippen molar-refractivity contribution < 1.29 is 9.18 Å². The molecule has 2 rings (SSSR count). The maximum Gasteiger partial charge on any atom is 0.223 e. The molecule has 1 aliphatic heterocycles. The van der Waals surface area contributed by atoms with Gasteiger partial charge >= 0.3 is 0 Å². The highest BCUT2D eigenvalue weighted by molar-refractivity contribution is 5.81. The van der Waals surface area contributed by atoms with Gasteiger partial charge in [0.1, 0.15) is 5.82 Å². The first kappa shape index (κ1) is 9.19. The lowest BCUT2D eigenvalue weighted by Crippen LogP contribution is -2.16. The molecule has 1 aliphatic rings. The Morgan fingerprint density at radius 1 is 1.36 bits per heavy atom. The van der Waals surface area contributed by atoms with E-state index in [-0.39, 0.29) is 23.6 Å². The predicted octanol–water partition coefficient (Wildman–Crippen LogP) is 1.68. The van der Waals surface area contributed by atoms with Crippen molar-refractivity contribution in [2.45, 2.75) is 12.8 Å². The fraction of sp³-hybridized carbons (Fsp3) is 0.364. The van der Waals surface area contributed by atoms with Gasteiger partial charge in [-0.2, -0.15) is 0 Å². The average molecular weight is 193 g/mol. The molecule has 14 heavy (non-hydrogen) atoms. The highest BCUT2D eigenvalue weighted by atomic mass is 19.1. The van der Waals surface area contributed by atoms with E-state index >= 15 is 0 Å². The van der Waals surface area contributed by atoms with E-state index in [4.69, 9.17) is 0 Å². The number of nitrogens with one attached hydrogen (secondary N) is 1. The van der Waals surface area contributed by atoms with E-state index in [1.807, 2.05) is 6.92 Å². The maximum absolute atomic E-state index is 12.7. The molecule has 1 N–H and O–H groups in total. The molecule has 0 bridgehead atoms. The summed E-state index contributed by atoms with van der Waals surface area (Å²) < 4.78 is 12.7. The van der Waals surface area contributed by atoms with Crippen LogP contribution < -0.4 is 5.32 Å². The fourth-order valence-electron chi connectivity index (χ4n) is 1.85. The molecule has 1 amide bonds. The minimum Gasteiger partial charge on any atom is -0.355 e. The lowest BCUT2D eigenvalue weighted by Gasteiger charge is -2.12. The summed E-state index contributed by atoms with van der Waals surface area (Å²) in [7, 11) is 0. The van der Waals surface area contributed by atoms with Crippen LogP contribution in [0.3, 0.4) is 0 Å². The van der Waals surface area contributed by atoms with E-state index < -0.39 is 0 Å². The first-order chi connectivity index (χ1) is 6.68. The van der Waals surface area contributed by atoms with Crippen LogP contribution in [-0.4, -0.2) is 12.5 Å². The molecule has 74 valence electrons. The molecule has 0 radical (unpaired) electrons. The standard InChI is InChI=1S/C11H12FNO/c1-7-10(6-13-11(7)14)8-2-4-9(12)5-3-8/h2-5,7,10H,6H2,1H3,(H,13,14)/t7-,10-/m1/s1. The predicted molar refractivity (Wildman–Crippen MR) is 51.3 cm³/mol. The van der Waals surface area contributed by atoms with E-state index in [0.717, 1.165) is 5.56 Å². The van der Waals surface area contributed by atoms with Crippen LogP contribution >= 0.6 is 0 Å². The third kappa shape index (κ3) is 1.50. The molecule has 1 saturated heterocycles. The van der Waals surface area contributed by atoms with Gasteiger partial charge in [0.2, 0.25) is 5.91 Å². The zero-order chi connectivity index (χ0) is 10.1. The molecule has 1 aromatic carbocycles. The second-order valence-corrected chi connectivity index (χ2v) is 3.69. The number of rotatable bonds is 1. The van der Waals surface area contributed by atoms with E-state index in [0.29, 0.717) is 6.54 Å². The molecule has 0 spiro atoms. The van der Waals surface area contributed by atoms with E-state index in [1.165, 1.54) is 12.1 Å². The molecule has 1 fully saturated rings. The van der Waals surface area contributed by atoms with Crippen molar-refractivity contribution in [3.63, 3.8) is 0 Å². The quantitative estimate of drug-likeness (QED) is 0.722. The van der Waals surface area contributed by atoms with E-state index in [1.54, 1.807) is 12.1 Å². The molecule has 1 heterocycles. The lowest BCUT2D eigenvalue weighted by molar-refractivity contribution is -0.122. The number of carbonyl (C=O) groups is 1. The van der Waals surface area contributed by atoms with Crippen molar-refractivity contribution >= 4 is 5.91 Å². The molecule has 2 nitrogen and oxygen atoms in total. The highest BCUT2D eigenvalue weighted by Crippen LogP contribution is 2.28. The van der Waals surface area contributed by atoms with E-state index in [2.05, 4.69) is 5.32 Å². The zero-order valence-corrected chi connectivity index (χ0v) is 7.96. The first-order valence-corrected chi connectivity index (χ1v) is 4.71. The van der Waals surface area contributed by atoms with Gasteiger partial charge in [0.15, 0.2) is 0 Å². The number of benzene rings is 1. The largest absolute Gasteiger partial charge is 0.355 e. The van der Waals surface area contributed by atoms with Crippen molar-refractivity contribution in [1.29, 1.82) is 0 Å². The van der Waals surface area contributed by atoms with Gasteiger partial charge in [-0.05, 0) is 17.7 Å². The van der Waals surface area contributed by atoms with Gasteiger partial charge in [0.05, 0.1) is 0 Å². The molecule has 0 saturated carbocycles. The van der Waals surface area contributed by atoms with Crippen LogP contribution in [0.2, 0.25) is 0 Å². The summed E-state index contributed by atoms with van der Waals surface area (Å²) in [6, 6.07) is 6.36. The number of amides is 1. The summed E-state index contributed by atoms with van der Waals surface area (Å²) in [4.78, 5) is 11.2. The van der Waals surface area contributed by atoms with Crippen molar-refractivity contribution in [3.8, 4) is 0 Å². The summed E-state index contributed by atoms with van der Waals surface area (Å²) in [5, 5.41) is 2.80. The molecular formula is C11H12FNO. The Hall–Kier alpha value is -1.38. The second kappa shape index (κ2) is 3.40. The minimum atomic E-state index is -0.237. The minimum absolute atomic E-state index is 0.0135. The van der Waals surface area contributed by atoms with Gasteiger partial charge in [0.25, 0.3) is 0 Å². The number of carbonyl (C=O) groups excluding carboxylic acids is 1. The lowest BCUT2D eigenvalue weighted by atomic mass is 9.90. The monoisotopic (exact) mass is 193 g/mol. The van der Waals surface area contributed by atoms with Gasteiger partial charge in [0, 0.05) is 18.4 Å². The Labute approximate surface area is 82.1 Å². The Morgan fingerprint density at radius 2 is 2.00 bits per heavy atom. The molecule has 1 aromatic rings. The van der Waals surface area contributed by atoms with Gasteiger partial charge < -0.3 is 5.32 Å². The highest BCUT2D eigenvalue weighted by Gasteiger charge is 2.31. The summed E-state index contributed by atoms with van der Waals surface area (Å²) >= 11 is 0. The number of hydrogen-bond donors (Lipinski definition) is 1. The Kier molecular flexibility index (Phi) is 2.23. The van der Waals surface area contributed by atoms with Crippen LogP contribution in [0, 0.1) is 11.7 Å². The maximum atomic E-state index is 12.7. The van der Waals surface area contributed by atoms with Gasteiger partial charge in [-0.3, -0.25) is 4.79 Å². The van der Waals surface area contributed by atoms with Crippen molar-refractivity contribution in [1.82, 2.24) is 5.32 Å². The van der Waals surface area contributed by atoms with Crippen molar-refractivity contribution in [3.05, 3.63) is 35.6 Å². The van der Waals surface area contributed by atoms with E-state index in [9.17, 15) is 9.18 Å². The summed E-state index contributed by atoms with van der Waals surface area (Å²) in [6.45, 7) is 2.56. The van der Waals surface area contributed by atoms with Crippen LogP contribution in [0.25, 0.3) is 0 Å². The van der Waals surface area contributed by atoms with Gasteiger partial charge in [-0.15, -0.1) is 0 Å². The Bertz CT molecular complexity index is 347.